The summed E-state index contributed by atoms with van der Waals surface area (Å²) in [4.78, 5) is 12.2. The summed E-state index contributed by atoms with van der Waals surface area (Å²) < 4.78 is 5.73. The van der Waals surface area contributed by atoms with Gasteiger partial charge in [-0.05, 0) is 49.1 Å². The highest BCUT2D eigenvalue weighted by Crippen LogP contribution is 2.24. The second kappa shape index (κ2) is 6.86. The summed E-state index contributed by atoms with van der Waals surface area (Å²) in [6, 6.07) is 15.6. The Bertz CT molecular complexity index is 652. The lowest BCUT2D eigenvalue weighted by molar-refractivity contribution is -0.122. The number of hydrogen-bond donors (Lipinski definition) is 1. The molecule has 0 spiro atoms. The van der Waals surface area contributed by atoms with E-state index in [1.807, 2.05) is 55.5 Å². The van der Waals surface area contributed by atoms with Gasteiger partial charge >= 0.3 is 0 Å². The number of carbonyl (C=O) groups excluding carboxylic acids is 1. The van der Waals surface area contributed by atoms with Crippen molar-refractivity contribution in [3.8, 4) is 5.75 Å². The van der Waals surface area contributed by atoms with Gasteiger partial charge in [0.2, 0.25) is 0 Å². The molecular weight excluding hydrogens is 286 g/mol. The van der Waals surface area contributed by atoms with Crippen molar-refractivity contribution in [2.24, 2.45) is 0 Å². The Labute approximate surface area is 138 Å². The van der Waals surface area contributed by atoms with Crippen molar-refractivity contribution in [3.63, 3.8) is 0 Å². The number of benzene rings is 2. The summed E-state index contributed by atoms with van der Waals surface area (Å²) in [6.45, 7) is 10.3. The molecule has 0 aliphatic rings. The molecule has 1 atom stereocenters. The van der Waals surface area contributed by atoms with Gasteiger partial charge in [0, 0.05) is 5.69 Å². The number of ether oxygens (including phenoxy) is 1. The standard InChI is InChI=1S/C20H25NO2/c1-14-6-10-17(11-7-14)21-19(22)15(2)23-18-12-8-16(9-13-18)20(3,4)5/h6-13,15H,1-5H3,(H,21,22)/t15-/m1/s1. The molecule has 0 fully saturated rings. The molecule has 0 saturated carbocycles. The predicted octanol–water partition coefficient (Wildman–Crippen LogP) is 4.70. The molecule has 2 rings (SSSR count). The summed E-state index contributed by atoms with van der Waals surface area (Å²) in [5, 5.41) is 2.86. The van der Waals surface area contributed by atoms with Crippen molar-refractivity contribution < 1.29 is 9.53 Å². The van der Waals surface area contributed by atoms with Crippen LogP contribution in [-0.4, -0.2) is 12.0 Å². The lowest BCUT2D eigenvalue weighted by Gasteiger charge is -2.20. The summed E-state index contributed by atoms with van der Waals surface area (Å²) >= 11 is 0. The second-order valence-electron chi connectivity index (χ2n) is 6.89. The third kappa shape index (κ3) is 4.85. The molecule has 0 saturated heterocycles. The van der Waals surface area contributed by atoms with Gasteiger partial charge < -0.3 is 10.1 Å². The van der Waals surface area contributed by atoms with Gasteiger partial charge in [0.1, 0.15) is 5.75 Å². The molecule has 1 amide bonds. The molecule has 0 heterocycles. The van der Waals surface area contributed by atoms with E-state index in [0.717, 1.165) is 11.3 Å². The second-order valence-corrected chi connectivity index (χ2v) is 6.89. The predicted molar refractivity (Wildman–Crippen MR) is 95.0 cm³/mol. The smallest absolute Gasteiger partial charge is 0.265 e. The van der Waals surface area contributed by atoms with Crippen LogP contribution in [0.3, 0.4) is 0 Å². The van der Waals surface area contributed by atoms with Crippen molar-refractivity contribution in [3.05, 3.63) is 59.7 Å². The van der Waals surface area contributed by atoms with E-state index in [-0.39, 0.29) is 11.3 Å². The molecule has 0 aliphatic heterocycles. The molecule has 122 valence electrons. The van der Waals surface area contributed by atoms with E-state index in [0.29, 0.717) is 5.75 Å². The fourth-order valence-electron chi connectivity index (χ4n) is 2.17. The molecular formula is C20H25NO2. The van der Waals surface area contributed by atoms with Crippen LogP contribution in [0.2, 0.25) is 0 Å². The summed E-state index contributed by atoms with van der Waals surface area (Å²) in [5.41, 5.74) is 3.28. The summed E-state index contributed by atoms with van der Waals surface area (Å²) in [5.74, 6) is 0.540. The Morgan fingerprint density at radius 3 is 2.09 bits per heavy atom. The maximum absolute atomic E-state index is 12.2. The molecule has 0 bridgehead atoms. The molecule has 23 heavy (non-hydrogen) atoms. The molecule has 0 unspecified atom stereocenters. The SMILES string of the molecule is Cc1ccc(NC(=O)[C@@H](C)Oc2ccc(C(C)(C)C)cc2)cc1. The molecule has 3 heteroatoms. The van der Waals surface area contributed by atoms with Crippen molar-refractivity contribution in [2.45, 2.75) is 46.1 Å². The van der Waals surface area contributed by atoms with Crippen LogP contribution < -0.4 is 10.1 Å². The van der Waals surface area contributed by atoms with E-state index in [1.165, 1.54) is 5.56 Å². The van der Waals surface area contributed by atoms with E-state index in [4.69, 9.17) is 4.74 Å². The molecule has 2 aromatic carbocycles. The van der Waals surface area contributed by atoms with Crippen LogP contribution in [0.4, 0.5) is 5.69 Å². The first kappa shape index (κ1) is 17.1. The largest absolute Gasteiger partial charge is 0.481 e. The monoisotopic (exact) mass is 311 g/mol. The Kier molecular flexibility index (Phi) is 5.09. The number of carbonyl (C=O) groups is 1. The third-order valence-corrected chi connectivity index (χ3v) is 3.72. The van der Waals surface area contributed by atoms with E-state index in [1.54, 1.807) is 6.92 Å². The minimum atomic E-state index is -0.559. The first-order valence-electron chi connectivity index (χ1n) is 7.90. The van der Waals surface area contributed by atoms with Gasteiger partial charge in [-0.15, -0.1) is 0 Å². The third-order valence-electron chi connectivity index (χ3n) is 3.72. The van der Waals surface area contributed by atoms with E-state index in [9.17, 15) is 4.79 Å². The fraction of sp³-hybridized carbons (Fsp3) is 0.350. The Balaban J connectivity index is 1.96. The minimum absolute atomic E-state index is 0.104. The Morgan fingerprint density at radius 1 is 1.00 bits per heavy atom. The van der Waals surface area contributed by atoms with Crippen LogP contribution in [0.1, 0.15) is 38.8 Å². The lowest BCUT2D eigenvalue weighted by atomic mass is 9.87. The summed E-state index contributed by atoms with van der Waals surface area (Å²) in [7, 11) is 0. The van der Waals surface area contributed by atoms with Crippen LogP contribution in [-0.2, 0) is 10.2 Å². The van der Waals surface area contributed by atoms with Crippen molar-refractivity contribution in [2.75, 3.05) is 5.32 Å². The van der Waals surface area contributed by atoms with Gasteiger partial charge in [0.15, 0.2) is 6.10 Å². The van der Waals surface area contributed by atoms with E-state index in [2.05, 4.69) is 26.1 Å². The number of anilines is 1. The molecule has 3 nitrogen and oxygen atoms in total. The number of amides is 1. The number of hydrogen-bond acceptors (Lipinski definition) is 2. The number of nitrogens with one attached hydrogen (secondary N) is 1. The zero-order chi connectivity index (χ0) is 17.0. The highest BCUT2D eigenvalue weighted by atomic mass is 16.5. The van der Waals surface area contributed by atoms with Gasteiger partial charge in [-0.3, -0.25) is 4.79 Å². The van der Waals surface area contributed by atoms with Gasteiger partial charge in [-0.1, -0.05) is 50.6 Å². The number of rotatable bonds is 4. The quantitative estimate of drug-likeness (QED) is 0.889. The highest BCUT2D eigenvalue weighted by molar-refractivity contribution is 5.94. The Hall–Kier alpha value is -2.29. The first-order valence-corrected chi connectivity index (χ1v) is 7.90. The molecule has 0 aliphatic carbocycles. The topological polar surface area (TPSA) is 38.3 Å². The molecule has 1 N–H and O–H groups in total. The fourth-order valence-corrected chi connectivity index (χ4v) is 2.17. The molecule has 0 radical (unpaired) electrons. The zero-order valence-electron chi connectivity index (χ0n) is 14.5. The zero-order valence-corrected chi connectivity index (χ0v) is 14.5. The minimum Gasteiger partial charge on any atom is -0.481 e. The van der Waals surface area contributed by atoms with Crippen molar-refractivity contribution in [1.82, 2.24) is 0 Å². The van der Waals surface area contributed by atoms with Crippen LogP contribution in [0.15, 0.2) is 48.5 Å². The maximum Gasteiger partial charge on any atom is 0.265 e. The van der Waals surface area contributed by atoms with Crippen LogP contribution in [0, 0.1) is 6.92 Å². The van der Waals surface area contributed by atoms with Gasteiger partial charge in [0.05, 0.1) is 0 Å². The van der Waals surface area contributed by atoms with Gasteiger partial charge in [0.25, 0.3) is 5.91 Å². The molecule has 2 aromatic rings. The van der Waals surface area contributed by atoms with Crippen molar-refractivity contribution in [1.29, 1.82) is 0 Å². The summed E-state index contributed by atoms with van der Waals surface area (Å²) in [6.07, 6.45) is -0.559. The number of aryl methyl sites for hydroxylation is 1. The first-order chi connectivity index (χ1) is 10.8. The van der Waals surface area contributed by atoms with Gasteiger partial charge in [-0.2, -0.15) is 0 Å². The van der Waals surface area contributed by atoms with Crippen LogP contribution >= 0.6 is 0 Å². The highest BCUT2D eigenvalue weighted by Gasteiger charge is 2.16. The maximum atomic E-state index is 12.2. The Morgan fingerprint density at radius 2 is 1.57 bits per heavy atom. The van der Waals surface area contributed by atoms with Crippen LogP contribution in [0.5, 0.6) is 5.75 Å². The average molecular weight is 311 g/mol. The van der Waals surface area contributed by atoms with Gasteiger partial charge in [-0.25, -0.2) is 0 Å². The molecule has 0 aromatic heterocycles. The van der Waals surface area contributed by atoms with E-state index >= 15 is 0 Å². The van der Waals surface area contributed by atoms with E-state index < -0.39 is 6.10 Å². The van der Waals surface area contributed by atoms with Crippen molar-refractivity contribution >= 4 is 11.6 Å². The normalized spacial score (nSPS) is 12.6. The lowest BCUT2D eigenvalue weighted by Crippen LogP contribution is -2.30. The average Bonchev–Trinajstić information content (AvgIpc) is 2.49. The van der Waals surface area contributed by atoms with Crippen LogP contribution in [0.25, 0.3) is 0 Å².